The maximum absolute atomic E-state index is 12.3. The normalized spacial score (nSPS) is 21.5. The van der Waals surface area contributed by atoms with Gasteiger partial charge in [0.05, 0.1) is 6.54 Å². The second-order valence-electron chi connectivity index (χ2n) is 7.00. The molecule has 26 heavy (non-hydrogen) atoms. The molecule has 0 saturated carbocycles. The van der Waals surface area contributed by atoms with Crippen LogP contribution < -0.4 is 15.4 Å². The topological polar surface area (TPSA) is 48.9 Å². The number of nitrogens with zero attached hydrogens (tertiary/aromatic N) is 2. The fraction of sp³-hybridized carbons (Fsp3) is 0.632. The predicted octanol–water partition coefficient (Wildman–Crippen LogP) is 3.07. The van der Waals surface area contributed by atoms with Crippen molar-refractivity contribution in [3.8, 4) is 5.75 Å². The van der Waals surface area contributed by atoms with E-state index >= 15 is 0 Å². The Bertz CT molecular complexity index is 595. The molecule has 0 aromatic heterocycles. The minimum atomic E-state index is -2.82. The van der Waals surface area contributed by atoms with Crippen molar-refractivity contribution in [3.63, 3.8) is 0 Å². The summed E-state index contributed by atoms with van der Waals surface area (Å²) < 4.78 is 29.1. The van der Waals surface area contributed by atoms with Crippen molar-refractivity contribution in [2.24, 2.45) is 10.9 Å². The van der Waals surface area contributed by atoms with Crippen LogP contribution in [0.5, 0.6) is 5.75 Å². The molecule has 0 bridgehead atoms. The van der Waals surface area contributed by atoms with Gasteiger partial charge < -0.3 is 15.4 Å². The first-order chi connectivity index (χ1) is 12.4. The molecule has 2 unspecified atom stereocenters. The van der Waals surface area contributed by atoms with E-state index in [4.69, 9.17) is 0 Å². The average Bonchev–Trinajstić information content (AvgIpc) is 2.94. The highest BCUT2D eigenvalue weighted by molar-refractivity contribution is 5.80. The lowest BCUT2D eigenvalue weighted by atomic mass is 10.1. The van der Waals surface area contributed by atoms with Gasteiger partial charge >= 0.3 is 6.61 Å². The summed E-state index contributed by atoms with van der Waals surface area (Å²) in [7, 11) is 0. The van der Waals surface area contributed by atoms with Gasteiger partial charge in [0.2, 0.25) is 0 Å². The van der Waals surface area contributed by atoms with Crippen molar-refractivity contribution in [2.45, 2.75) is 52.9 Å². The lowest BCUT2D eigenvalue weighted by Crippen LogP contribution is -2.46. The van der Waals surface area contributed by atoms with Crippen molar-refractivity contribution < 1.29 is 13.5 Å². The Balaban J connectivity index is 2.00. The van der Waals surface area contributed by atoms with Crippen LogP contribution in [0.15, 0.2) is 29.3 Å². The molecule has 0 spiro atoms. The molecule has 1 aromatic rings. The third-order valence-electron chi connectivity index (χ3n) is 4.58. The Morgan fingerprint density at radius 1 is 1.35 bits per heavy atom. The van der Waals surface area contributed by atoms with Crippen LogP contribution in [0.25, 0.3) is 0 Å². The third kappa shape index (κ3) is 6.12. The van der Waals surface area contributed by atoms with Gasteiger partial charge in [-0.3, -0.25) is 4.90 Å². The maximum Gasteiger partial charge on any atom is 0.387 e. The van der Waals surface area contributed by atoms with Crippen molar-refractivity contribution >= 4 is 5.96 Å². The van der Waals surface area contributed by atoms with E-state index in [0.29, 0.717) is 24.5 Å². The van der Waals surface area contributed by atoms with Crippen molar-refractivity contribution in [3.05, 3.63) is 29.8 Å². The van der Waals surface area contributed by atoms with Crippen LogP contribution in [0.1, 0.15) is 33.3 Å². The first kappa shape index (κ1) is 20.4. The highest BCUT2D eigenvalue weighted by Gasteiger charge is 2.31. The quantitative estimate of drug-likeness (QED) is 0.574. The van der Waals surface area contributed by atoms with E-state index < -0.39 is 6.61 Å². The molecule has 1 aliphatic heterocycles. The smallest absolute Gasteiger partial charge is 0.387 e. The molecular formula is C19H30F2N4O. The number of hydrogen-bond donors (Lipinski definition) is 2. The fourth-order valence-corrected chi connectivity index (χ4v) is 3.10. The van der Waals surface area contributed by atoms with E-state index in [0.717, 1.165) is 31.2 Å². The van der Waals surface area contributed by atoms with Gasteiger partial charge in [-0.25, -0.2) is 4.99 Å². The number of alkyl halides is 2. The molecule has 1 aliphatic rings. The summed E-state index contributed by atoms with van der Waals surface area (Å²) in [5, 5.41) is 6.77. The van der Waals surface area contributed by atoms with Crippen molar-refractivity contribution in [2.75, 3.05) is 19.6 Å². The lowest BCUT2D eigenvalue weighted by Gasteiger charge is -2.22. The first-order valence-corrected chi connectivity index (χ1v) is 9.21. The summed E-state index contributed by atoms with van der Waals surface area (Å²) in [4.78, 5) is 7.06. The highest BCUT2D eigenvalue weighted by atomic mass is 19.3. The molecule has 5 nitrogen and oxygen atoms in total. The van der Waals surface area contributed by atoms with E-state index in [1.165, 1.54) is 6.07 Å². The van der Waals surface area contributed by atoms with Crippen LogP contribution in [0.3, 0.4) is 0 Å². The number of benzene rings is 1. The summed E-state index contributed by atoms with van der Waals surface area (Å²) in [5.74, 6) is 1.43. The summed E-state index contributed by atoms with van der Waals surface area (Å²) in [6.45, 7) is 9.08. The molecule has 1 fully saturated rings. The Morgan fingerprint density at radius 2 is 2.12 bits per heavy atom. The fourth-order valence-electron chi connectivity index (χ4n) is 3.10. The zero-order valence-corrected chi connectivity index (χ0v) is 16.0. The first-order valence-electron chi connectivity index (χ1n) is 9.21. The van der Waals surface area contributed by atoms with Gasteiger partial charge in [-0.1, -0.05) is 19.1 Å². The highest BCUT2D eigenvalue weighted by Crippen LogP contribution is 2.19. The monoisotopic (exact) mass is 368 g/mol. The molecular weight excluding hydrogens is 338 g/mol. The van der Waals surface area contributed by atoms with E-state index in [-0.39, 0.29) is 5.75 Å². The van der Waals surface area contributed by atoms with Crippen molar-refractivity contribution in [1.82, 2.24) is 15.5 Å². The molecule has 0 amide bonds. The van der Waals surface area contributed by atoms with Crippen LogP contribution in [0.2, 0.25) is 0 Å². The number of nitrogens with one attached hydrogen (secondary N) is 2. The molecule has 0 radical (unpaired) electrons. The summed E-state index contributed by atoms with van der Waals surface area (Å²) >= 11 is 0. The molecule has 0 aliphatic carbocycles. The third-order valence-corrected chi connectivity index (χ3v) is 4.58. The van der Waals surface area contributed by atoms with E-state index in [1.54, 1.807) is 12.1 Å². The number of hydrogen-bond acceptors (Lipinski definition) is 3. The van der Waals surface area contributed by atoms with Gasteiger partial charge in [-0.2, -0.15) is 8.78 Å². The zero-order valence-electron chi connectivity index (χ0n) is 16.0. The van der Waals surface area contributed by atoms with Crippen LogP contribution in [-0.2, 0) is 6.54 Å². The average molecular weight is 368 g/mol. The SMILES string of the molecule is CCNC(=NCc1cccc(OC(F)F)c1)NC1CN(C(C)C)CC1C. The second kappa shape index (κ2) is 9.71. The van der Waals surface area contributed by atoms with E-state index in [9.17, 15) is 8.78 Å². The number of aliphatic imine (C=N–C) groups is 1. The Morgan fingerprint density at radius 3 is 2.73 bits per heavy atom. The number of rotatable bonds is 7. The number of guanidine groups is 1. The van der Waals surface area contributed by atoms with E-state index in [1.807, 2.05) is 13.0 Å². The zero-order chi connectivity index (χ0) is 19.1. The molecule has 1 aromatic carbocycles. The van der Waals surface area contributed by atoms with Gasteiger partial charge in [0.1, 0.15) is 5.75 Å². The largest absolute Gasteiger partial charge is 0.435 e. The number of halogens is 2. The minimum absolute atomic E-state index is 0.155. The van der Waals surface area contributed by atoms with Crippen LogP contribution in [-0.4, -0.2) is 49.2 Å². The standard InChI is InChI=1S/C19H30F2N4O/c1-5-22-19(24-17-12-25(13(2)3)11-14(17)4)23-10-15-7-6-8-16(9-15)26-18(20)21/h6-9,13-14,17-18H,5,10-12H2,1-4H3,(H2,22,23,24). The molecule has 7 heteroatoms. The van der Waals surface area contributed by atoms with Gasteiger partial charge in [-0.05, 0) is 44.4 Å². The summed E-state index contributed by atoms with van der Waals surface area (Å²) in [6, 6.07) is 7.53. The van der Waals surface area contributed by atoms with Gasteiger partial charge in [0.25, 0.3) is 0 Å². The van der Waals surface area contributed by atoms with Gasteiger partial charge in [0.15, 0.2) is 5.96 Å². The van der Waals surface area contributed by atoms with Crippen molar-refractivity contribution in [1.29, 1.82) is 0 Å². The lowest BCUT2D eigenvalue weighted by molar-refractivity contribution is -0.0498. The molecule has 2 rings (SSSR count). The van der Waals surface area contributed by atoms with E-state index in [2.05, 4.69) is 46.0 Å². The number of ether oxygens (including phenoxy) is 1. The maximum atomic E-state index is 12.3. The second-order valence-corrected chi connectivity index (χ2v) is 7.00. The van der Waals surface area contributed by atoms with Crippen LogP contribution >= 0.6 is 0 Å². The molecule has 2 N–H and O–H groups in total. The molecule has 1 saturated heterocycles. The van der Waals surface area contributed by atoms with Crippen LogP contribution in [0, 0.1) is 5.92 Å². The molecule has 2 atom stereocenters. The summed E-state index contributed by atoms with van der Waals surface area (Å²) in [5.41, 5.74) is 0.823. The minimum Gasteiger partial charge on any atom is -0.435 e. The Kier molecular flexibility index (Phi) is 7.63. The van der Waals surface area contributed by atoms with Gasteiger partial charge in [-0.15, -0.1) is 0 Å². The summed E-state index contributed by atoms with van der Waals surface area (Å²) in [6.07, 6.45) is 0. The molecule has 1 heterocycles. The molecule has 146 valence electrons. The predicted molar refractivity (Wildman–Crippen MR) is 101 cm³/mol. The Hall–Kier alpha value is -1.89. The number of likely N-dealkylation sites (tertiary alicyclic amines) is 1. The Labute approximate surface area is 154 Å². The van der Waals surface area contributed by atoms with Gasteiger partial charge in [0, 0.05) is 31.7 Å². The van der Waals surface area contributed by atoms with Crippen LogP contribution in [0.4, 0.5) is 8.78 Å².